The smallest absolute Gasteiger partial charge is 0.158 e. The number of phenolic OH excluding ortho intramolecular Hbond substituents is 2. The number of hydrogen-bond donors (Lipinski definition) is 3. The molecule has 2 aromatic carbocycles. The summed E-state index contributed by atoms with van der Waals surface area (Å²) in [6.07, 6.45) is 5.08. The van der Waals surface area contributed by atoms with E-state index in [0.29, 0.717) is 0 Å². The second-order valence-electron chi connectivity index (χ2n) is 3.45. The van der Waals surface area contributed by atoms with E-state index >= 15 is 0 Å². The first-order valence-electron chi connectivity index (χ1n) is 5.11. The number of phenols is 2. The number of benzene rings is 2. The zero-order valence-corrected chi connectivity index (χ0v) is 9.04. The molecule has 0 aliphatic rings. The summed E-state index contributed by atoms with van der Waals surface area (Å²) in [5.41, 5.74) is 0. The molecule has 0 unspecified atom stereocenters. The Hall–Kier alpha value is -2.49. The number of H-pyrrole nitrogens is 1. The van der Waals surface area contributed by atoms with Gasteiger partial charge in [-0.1, -0.05) is 24.3 Å². The predicted octanol–water partition coefficient (Wildman–Crippen LogP) is 2.66. The monoisotopic (exact) mass is 228 g/mol. The lowest BCUT2D eigenvalue weighted by Gasteiger charge is -2.00. The topological polar surface area (TPSA) is 69.1 Å². The van der Waals surface area contributed by atoms with Gasteiger partial charge in [0.15, 0.2) is 11.5 Å². The van der Waals surface area contributed by atoms with E-state index in [-0.39, 0.29) is 11.5 Å². The van der Waals surface area contributed by atoms with Gasteiger partial charge in [-0.2, -0.15) is 0 Å². The molecule has 4 nitrogen and oxygen atoms in total. The second kappa shape index (κ2) is 5.03. The van der Waals surface area contributed by atoms with Crippen LogP contribution >= 0.6 is 0 Å². The summed E-state index contributed by atoms with van der Waals surface area (Å²) in [6, 6.07) is 10.6. The lowest BCUT2D eigenvalue weighted by atomic mass is 10.1. The van der Waals surface area contributed by atoms with Gasteiger partial charge in [-0.25, -0.2) is 4.98 Å². The normalized spacial score (nSPS) is 9.65. The van der Waals surface area contributed by atoms with Crippen LogP contribution in [0.1, 0.15) is 0 Å². The third-order valence-corrected chi connectivity index (χ3v) is 2.25. The van der Waals surface area contributed by atoms with Crippen molar-refractivity contribution in [1.82, 2.24) is 9.97 Å². The summed E-state index contributed by atoms with van der Waals surface area (Å²) in [5, 5.41) is 20.2. The molecule has 3 rings (SSSR count). The third kappa shape index (κ3) is 2.75. The maximum absolute atomic E-state index is 9.17. The number of nitrogens with one attached hydrogen (secondary N) is 1. The molecule has 4 heteroatoms. The molecule has 0 aliphatic heterocycles. The molecule has 0 saturated heterocycles. The molecule has 0 fully saturated rings. The summed E-state index contributed by atoms with van der Waals surface area (Å²) < 4.78 is 0. The van der Waals surface area contributed by atoms with E-state index in [9.17, 15) is 0 Å². The molecule has 0 atom stereocenters. The molecule has 1 aromatic heterocycles. The van der Waals surface area contributed by atoms with E-state index in [4.69, 9.17) is 10.2 Å². The van der Waals surface area contributed by atoms with Crippen LogP contribution in [0.4, 0.5) is 0 Å². The van der Waals surface area contributed by atoms with Crippen LogP contribution in [0.5, 0.6) is 11.5 Å². The SMILES string of the molecule is Oc1cc2ccccc2cc1O.c1c[nH]cn1. The average Bonchev–Trinajstić information content (AvgIpc) is 2.89. The van der Waals surface area contributed by atoms with Gasteiger partial charge in [-0.05, 0) is 22.9 Å². The van der Waals surface area contributed by atoms with Crippen LogP contribution in [-0.2, 0) is 0 Å². The van der Waals surface area contributed by atoms with Gasteiger partial charge in [0.05, 0.1) is 6.33 Å². The highest BCUT2D eigenvalue weighted by molar-refractivity contribution is 5.85. The quantitative estimate of drug-likeness (QED) is 0.518. The molecule has 0 spiro atoms. The van der Waals surface area contributed by atoms with E-state index < -0.39 is 0 Å². The summed E-state index contributed by atoms with van der Waals surface area (Å²) in [5.74, 6) is -0.151. The van der Waals surface area contributed by atoms with Crippen molar-refractivity contribution < 1.29 is 10.2 Å². The van der Waals surface area contributed by atoms with Crippen molar-refractivity contribution >= 4 is 10.8 Å². The van der Waals surface area contributed by atoms with Crippen LogP contribution < -0.4 is 0 Å². The Bertz CT molecular complexity index is 534. The fourth-order valence-electron chi connectivity index (χ4n) is 1.43. The number of aromatic amines is 1. The predicted molar refractivity (Wildman–Crippen MR) is 65.9 cm³/mol. The van der Waals surface area contributed by atoms with Crippen LogP contribution in [0.2, 0.25) is 0 Å². The van der Waals surface area contributed by atoms with Crippen LogP contribution in [0.25, 0.3) is 10.8 Å². The van der Waals surface area contributed by atoms with Crippen molar-refractivity contribution in [2.24, 2.45) is 0 Å². The fraction of sp³-hybridized carbons (Fsp3) is 0. The highest BCUT2D eigenvalue weighted by atomic mass is 16.3. The Morgan fingerprint density at radius 3 is 1.88 bits per heavy atom. The number of aromatic nitrogens is 2. The minimum absolute atomic E-state index is 0.0753. The second-order valence-corrected chi connectivity index (χ2v) is 3.45. The van der Waals surface area contributed by atoms with E-state index in [1.54, 1.807) is 30.9 Å². The Morgan fingerprint density at radius 1 is 0.941 bits per heavy atom. The van der Waals surface area contributed by atoms with E-state index in [1.165, 1.54) is 0 Å². The number of imidazole rings is 1. The molecular weight excluding hydrogens is 216 g/mol. The highest BCUT2D eigenvalue weighted by Gasteiger charge is 1.99. The highest BCUT2D eigenvalue weighted by Crippen LogP contribution is 2.29. The lowest BCUT2D eigenvalue weighted by Crippen LogP contribution is -1.72. The summed E-state index contributed by atoms with van der Waals surface area (Å²) in [4.78, 5) is 6.42. The molecule has 0 amide bonds. The van der Waals surface area contributed by atoms with Crippen molar-refractivity contribution in [3.8, 4) is 11.5 Å². The lowest BCUT2D eigenvalue weighted by molar-refractivity contribution is 0.405. The molecule has 0 bridgehead atoms. The number of fused-ring (bicyclic) bond motifs is 1. The summed E-state index contributed by atoms with van der Waals surface area (Å²) >= 11 is 0. The molecule has 3 N–H and O–H groups in total. The minimum Gasteiger partial charge on any atom is -0.504 e. The van der Waals surface area contributed by atoms with Crippen molar-refractivity contribution in [2.45, 2.75) is 0 Å². The van der Waals surface area contributed by atoms with Gasteiger partial charge < -0.3 is 15.2 Å². The standard InChI is InChI=1S/C10H8O2.C3H4N2/c11-9-5-7-3-1-2-4-8(7)6-10(9)12;1-2-5-3-4-1/h1-6,11-12H;1-3H,(H,4,5). The zero-order valence-electron chi connectivity index (χ0n) is 9.04. The van der Waals surface area contributed by atoms with Gasteiger partial charge >= 0.3 is 0 Å². The van der Waals surface area contributed by atoms with Gasteiger partial charge in [-0.15, -0.1) is 0 Å². The minimum atomic E-state index is -0.0753. The molecule has 1 heterocycles. The van der Waals surface area contributed by atoms with Crippen molar-refractivity contribution in [3.63, 3.8) is 0 Å². The summed E-state index contributed by atoms with van der Waals surface area (Å²) in [6.45, 7) is 0. The Kier molecular flexibility index (Phi) is 3.25. The van der Waals surface area contributed by atoms with E-state index in [1.807, 2.05) is 24.3 Å². The Morgan fingerprint density at radius 2 is 1.53 bits per heavy atom. The van der Waals surface area contributed by atoms with Crippen LogP contribution in [-0.4, -0.2) is 20.2 Å². The van der Waals surface area contributed by atoms with Gasteiger partial charge in [0.25, 0.3) is 0 Å². The summed E-state index contributed by atoms with van der Waals surface area (Å²) in [7, 11) is 0. The molecule has 0 saturated carbocycles. The molecule has 0 radical (unpaired) electrons. The van der Waals surface area contributed by atoms with Crippen molar-refractivity contribution in [3.05, 3.63) is 55.1 Å². The molecule has 86 valence electrons. The maximum Gasteiger partial charge on any atom is 0.158 e. The van der Waals surface area contributed by atoms with Crippen LogP contribution in [0.15, 0.2) is 55.1 Å². The first-order chi connectivity index (χ1) is 8.27. The Labute approximate surface area is 98.2 Å². The molecule has 3 aromatic rings. The first kappa shape index (κ1) is 11.0. The van der Waals surface area contributed by atoms with Crippen LogP contribution in [0, 0.1) is 0 Å². The van der Waals surface area contributed by atoms with E-state index in [0.717, 1.165) is 10.8 Å². The molecule has 0 aliphatic carbocycles. The third-order valence-electron chi connectivity index (χ3n) is 2.25. The number of nitrogens with zero attached hydrogens (tertiary/aromatic N) is 1. The van der Waals surface area contributed by atoms with Crippen molar-refractivity contribution in [1.29, 1.82) is 0 Å². The Balaban J connectivity index is 0.000000181. The van der Waals surface area contributed by atoms with E-state index in [2.05, 4.69) is 9.97 Å². The first-order valence-corrected chi connectivity index (χ1v) is 5.11. The van der Waals surface area contributed by atoms with Crippen molar-refractivity contribution in [2.75, 3.05) is 0 Å². The van der Waals surface area contributed by atoms with Gasteiger partial charge in [0, 0.05) is 12.4 Å². The van der Waals surface area contributed by atoms with Gasteiger partial charge in [0.1, 0.15) is 0 Å². The zero-order chi connectivity index (χ0) is 12.1. The van der Waals surface area contributed by atoms with Crippen LogP contribution in [0.3, 0.4) is 0 Å². The number of aromatic hydroxyl groups is 2. The number of hydrogen-bond acceptors (Lipinski definition) is 3. The fourth-order valence-corrected chi connectivity index (χ4v) is 1.43. The molecule has 17 heavy (non-hydrogen) atoms. The maximum atomic E-state index is 9.17. The number of rotatable bonds is 0. The molecular formula is C13H12N2O2. The average molecular weight is 228 g/mol. The van der Waals surface area contributed by atoms with Gasteiger partial charge in [0.2, 0.25) is 0 Å². The van der Waals surface area contributed by atoms with Gasteiger partial charge in [-0.3, -0.25) is 0 Å². The largest absolute Gasteiger partial charge is 0.504 e.